The molecule has 29 heavy (non-hydrogen) atoms. The van der Waals surface area contributed by atoms with Crippen molar-refractivity contribution in [3.8, 4) is 0 Å². The minimum absolute atomic E-state index is 0.182. The van der Waals surface area contributed by atoms with Crippen LogP contribution < -0.4 is 11.4 Å². The minimum Gasteiger partial charge on any atom is -0.466 e. The standard InChI is InChI=1S/C21H37N3O5/c1-6-14-21(3,4)17(25)13-16-24-20(28)22(5)19(27)23(24)15-11-9-8-10-12-18(26)29-7-2/h6,17,25H,1,7-16H2,2-5H3. The van der Waals surface area contributed by atoms with Crippen LogP contribution in [0, 0.1) is 5.41 Å². The third kappa shape index (κ3) is 7.34. The summed E-state index contributed by atoms with van der Waals surface area (Å²) in [4.78, 5) is 36.2. The van der Waals surface area contributed by atoms with Crippen molar-refractivity contribution < 1.29 is 14.6 Å². The molecule has 1 aromatic heterocycles. The van der Waals surface area contributed by atoms with Gasteiger partial charge in [0.25, 0.3) is 0 Å². The predicted molar refractivity (Wildman–Crippen MR) is 113 cm³/mol. The smallest absolute Gasteiger partial charge is 0.346 e. The lowest BCUT2D eigenvalue weighted by Gasteiger charge is -2.29. The molecule has 1 heterocycles. The van der Waals surface area contributed by atoms with Gasteiger partial charge in [0.05, 0.1) is 12.7 Å². The Morgan fingerprint density at radius 1 is 1.14 bits per heavy atom. The molecular formula is C21H37N3O5. The molecule has 0 bridgehead atoms. The number of nitrogens with zero attached hydrogens (tertiary/aromatic N) is 3. The zero-order valence-electron chi connectivity index (χ0n) is 18.4. The maximum Gasteiger partial charge on any atom is 0.346 e. The zero-order chi connectivity index (χ0) is 22.0. The van der Waals surface area contributed by atoms with E-state index in [1.54, 1.807) is 13.0 Å². The lowest BCUT2D eigenvalue weighted by atomic mass is 9.82. The van der Waals surface area contributed by atoms with Crippen LogP contribution in [0.1, 0.15) is 65.7 Å². The average Bonchev–Trinajstić information content (AvgIpc) is 2.86. The molecule has 0 saturated heterocycles. The van der Waals surface area contributed by atoms with Gasteiger partial charge in [-0.25, -0.2) is 23.5 Å². The van der Waals surface area contributed by atoms with Gasteiger partial charge in [-0.3, -0.25) is 4.79 Å². The third-order valence-electron chi connectivity index (χ3n) is 5.30. The fourth-order valence-electron chi connectivity index (χ4n) is 3.33. The molecule has 0 spiro atoms. The van der Waals surface area contributed by atoms with E-state index in [0.717, 1.165) is 30.3 Å². The molecule has 0 saturated carbocycles. The molecule has 0 fully saturated rings. The highest BCUT2D eigenvalue weighted by Crippen LogP contribution is 2.27. The van der Waals surface area contributed by atoms with E-state index in [1.807, 2.05) is 13.8 Å². The Balaban J connectivity index is 2.64. The van der Waals surface area contributed by atoms with E-state index in [0.29, 0.717) is 32.4 Å². The number of aliphatic hydroxyl groups excluding tert-OH is 1. The van der Waals surface area contributed by atoms with Crippen LogP contribution in [0.3, 0.4) is 0 Å². The molecule has 0 radical (unpaired) electrons. The summed E-state index contributed by atoms with van der Waals surface area (Å²) in [6.07, 6.45) is 5.80. The summed E-state index contributed by atoms with van der Waals surface area (Å²) >= 11 is 0. The number of carbonyl (C=O) groups excluding carboxylic acids is 1. The molecule has 1 aromatic rings. The fraction of sp³-hybridized carbons (Fsp3) is 0.762. The van der Waals surface area contributed by atoms with E-state index in [-0.39, 0.29) is 29.3 Å². The van der Waals surface area contributed by atoms with E-state index in [1.165, 1.54) is 16.4 Å². The van der Waals surface area contributed by atoms with Gasteiger partial charge >= 0.3 is 17.3 Å². The number of esters is 1. The number of hydrogen-bond acceptors (Lipinski definition) is 5. The molecule has 0 aliphatic carbocycles. The lowest BCUT2D eigenvalue weighted by Crippen LogP contribution is -2.33. The van der Waals surface area contributed by atoms with Gasteiger partial charge in [0.15, 0.2) is 0 Å². The van der Waals surface area contributed by atoms with E-state index in [2.05, 4.69) is 6.58 Å². The maximum absolute atomic E-state index is 12.4. The van der Waals surface area contributed by atoms with Gasteiger partial charge in [0.2, 0.25) is 0 Å². The van der Waals surface area contributed by atoms with Crippen LogP contribution in [0.25, 0.3) is 0 Å². The van der Waals surface area contributed by atoms with Gasteiger partial charge in [0.1, 0.15) is 0 Å². The summed E-state index contributed by atoms with van der Waals surface area (Å²) in [6, 6.07) is 0. The fourth-order valence-corrected chi connectivity index (χ4v) is 3.33. The normalized spacial score (nSPS) is 12.7. The lowest BCUT2D eigenvalue weighted by molar-refractivity contribution is -0.143. The van der Waals surface area contributed by atoms with Gasteiger partial charge < -0.3 is 9.84 Å². The molecule has 0 aliphatic rings. The van der Waals surface area contributed by atoms with Crippen LogP contribution in [0.15, 0.2) is 22.2 Å². The van der Waals surface area contributed by atoms with Gasteiger partial charge in [-0.2, -0.15) is 0 Å². The Kier molecular flexibility index (Phi) is 10.2. The molecule has 0 aliphatic heterocycles. The van der Waals surface area contributed by atoms with Crippen molar-refractivity contribution in [1.82, 2.24) is 13.9 Å². The van der Waals surface area contributed by atoms with Crippen molar-refractivity contribution in [3.05, 3.63) is 33.6 Å². The molecule has 166 valence electrons. The number of carbonyl (C=O) groups is 1. The first-order chi connectivity index (χ1) is 13.7. The summed E-state index contributed by atoms with van der Waals surface area (Å²) in [5.41, 5.74) is -1.06. The zero-order valence-corrected chi connectivity index (χ0v) is 18.4. The second-order valence-corrected chi connectivity index (χ2v) is 8.13. The van der Waals surface area contributed by atoms with Crippen LogP contribution in [0.4, 0.5) is 0 Å². The van der Waals surface area contributed by atoms with Crippen LogP contribution >= 0.6 is 0 Å². The Morgan fingerprint density at radius 3 is 2.31 bits per heavy atom. The van der Waals surface area contributed by atoms with Crippen LogP contribution in [0.2, 0.25) is 0 Å². The van der Waals surface area contributed by atoms with Crippen molar-refractivity contribution in [1.29, 1.82) is 0 Å². The molecule has 0 aromatic carbocycles. The SMILES string of the molecule is C=CCC(C)(C)C(O)CCn1c(=O)n(C)c(=O)n1CCCCCCC(=O)OCC. The number of unbranched alkanes of at least 4 members (excludes halogenated alkanes) is 3. The van der Waals surface area contributed by atoms with E-state index in [4.69, 9.17) is 4.74 Å². The second kappa shape index (κ2) is 11.8. The van der Waals surface area contributed by atoms with Gasteiger partial charge in [-0.05, 0) is 38.0 Å². The van der Waals surface area contributed by atoms with Crippen molar-refractivity contribution in [2.75, 3.05) is 6.61 Å². The minimum atomic E-state index is -0.612. The van der Waals surface area contributed by atoms with Crippen LogP contribution in [-0.2, 0) is 29.7 Å². The number of aromatic nitrogens is 3. The summed E-state index contributed by atoms with van der Waals surface area (Å²) in [6.45, 7) is 10.5. The number of ether oxygens (including phenoxy) is 1. The highest BCUT2D eigenvalue weighted by molar-refractivity contribution is 5.69. The van der Waals surface area contributed by atoms with Crippen molar-refractivity contribution in [3.63, 3.8) is 0 Å². The summed E-state index contributed by atoms with van der Waals surface area (Å²) in [7, 11) is 1.47. The van der Waals surface area contributed by atoms with Crippen molar-refractivity contribution in [2.24, 2.45) is 12.5 Å². The summed E-state index contributed by atoms with van der Waals surface area (Å²) in [5, 5.41) is 10.5. The number of hydrogen-bond donors (Lipinski definition) is 1. The van der Waals surface area contributed by atoms with Crippen LogP contribution in [-0.4, -0.2) is 37.7 Å². The number of allylic oxidation sites excluding steroid dienone is 1. The Labute approximate surface area is 172 Å². The quantitative estimate of drug-likeness (QED) is 0.288. The molecule has 1 rings (SSSR count). The van der Waals surface area contributed by atoms with Gasteiger partial charge in [-0.15, -0.1) is 6.58 Å². The molecule has 1 atom stereocenters. The first-order valence-electron chi connectivity index (χ1n) is 10.5. The number of aliphatic hydroxyl groups is 1. The molecule has 1 unspecified atom stereocenters. The predicted octanol–water partition coefficient (Wildman–Crippen LogP) is 2.22. The molecule has 0 amide bonds. The number of rotatable bonds is 14. The largest absolute Gasteiger partial charge is 0.466 e. The topological polar surface area (TPSA) is 95.5 Å². The highest BCUT2D eigenvalue weighted by atomic mass is 16.5. The Hall–Kier alpha value is -2.09. The first kappa shape index (κ1) is 24.9. The molecule has 8 heteroatoms. The molecule has 8 nitrogen and oxygen atoms in total. The average molecular weight is 412 g/mol. The second-order valence-electron chi connectivity index (χ2n) is 8.13. The van der Waals surface area contributed by atoms with Crippen molar-refractivity contribution >= 4 is 5.97 Å². The van der Waals surface area contributed by atoms with E-state index in [9.17, 15) is 19.5 Å². The Morgan fingerprint density at radius 2 is 1.72 bits per heavy atom. The van der Waals surface area contributed by atoms with Gasteiger partial charge in [0, 0.05) is 26.6 Å². The van der Waals surface area contributed by atoms with Crippen molar-refractivity contribution in [2.45, 2.75) is 84.9 Å². The summed E-state index contributed by atoms with van der Waals surface area (Å²) in [5.74, 6) is -0.182. The first-order valence-corrected chi connectivity index (χ1v) is 10.5. The maximum atomic E-state index is 12.4. The van der Waals surface area contributed by atoms with Crippen LogP contribution in [0.5, 0.6) is 0 Å². The third-order valence-corrected chi connectivity index (χ3v) is 5.30. The monoisotopic (exact) mass is 411 g/mol. The van der Waals surface area contributed by atoms with Gasteiger partial charge in [-0.1, -0.05) is 32.8 Å². The van der Waals surface area contributed by atoms with E-state index >= 15 is 0 Å². The Bertz CT molecular complexity index is 772. The molecule has 1 N–H and O–H groups in total. The molecular weight excluding hydrogens is 374 g/mol. The van der Waals surface area contributed by atoms with E-state index < -0.39 is 6.10 Å². The summed E-state index contributed by atoms with van der Waals surface area (Å²) < 4.78 is 8.88. The highest BCUT2D eigenvalue weighted by Gasteiger charge is 2.27.